The van der Waals surface area contributed by atoms with Crippen LogP contribution in [0.5, 0.6) is 17.2 Å². The maximum atomic E-state index is 13.6. The summed E-state index contributed by atoms with van der Waals surface area (Å²) in [5, 5.41) is 0. The van der Waals surface area contributed by atoms with Gasteiger partial charge in [-0.3, -0.25) is 0 Å². The number of hydrogen-bond donors (Lipinski definition) is 0. The highest BCUT2D eigenvalue weighted by molar-refractivity contribution is 7.48. The van der Waals surface area contributed by atoms with Crippen molar-refractivity contribution in [2.75, 3.05) is 0 Å². The van der Waals surface area contributed by atoms with Gasteiger partial charge >= 0.3 is 7.82 Å². The summed E-state index contributed by atoms with van der Waals surface area (Å²) >= 11 is 0. The zero-order valence-electron chi connectivity index (χ0n) is 14.4. The lowest BCUT2D eigenvalue weighted by Gasteiger charge is -2.15. The molecule has 3 aromatic carbocycles. The summed E-state index contributed by atoms with van der Waals surface area (Å²) in [4.78, 5) is 13.8. The molecule has 7 nitrogen and oxygen atoms in total. The van der Waals surface area contributed by atoms with E-state index in [-0.39, 0.29) is 0 Å². The molecule has 0 amide bonds. The van der Waals surface area contributed by atoms with Crippen LogP contribution >= 0.6 is 7.82 Å². The fourth-order valence-electron chi connectivity index (χ4n) is 1.83. The number of para-hydroxylation sites is 3. The van der Waals surface area contributed by atoms with Gasteiger partial charge < -0.3 is 14.7 Å². The standard InChI is InChI=1S/C18H12F3O7P/c19-13-7-1-4-10-16(13)23-26-29(22,27-24-17-11-5-2-8-14(17)20)28-25-18-12-6-3-9-15(18)21/h1-12H. The molecule has 3 aromatic rings. The van der Waals surface area contributed by atoms with Crippen molar-refractivity contribution in [3.63, 3.8) is 0 Å². The van der Waals surface area contributed by atoms with Gasteiger partial charge in [0.2, 0.25) is 17.2 Å². The predicted molar refractivity (Wildman–Crippen MR) is 91.9 cm³/mol. The molecule has 0 heterocycles. The predicted octanol–water partition coefficient (Wildman–Crippen LogP) is 5.54. The molecule has 0 aliphatic rings. The first kappa shape index (κ1) is 20.7. The van der Waals surface area contributed by atoms with Crippen LogP contribution in [0, 0.1) is 17.5 Å². The van der Waals surface area contributed by atoms with Crippen LogP contribution in [0.4, 0.5) is 13.2 Å². The van der Waals surface area contributed by atoms with Gasteiger partial charge in [0, 0.05) is 0 Å². The highest BCUT2D eigenvalue weighted by Gasteiger charge is 2.36. The monoisotopic (exact) mass is 428 g/mol. The molecule has 0 aliphatic carbocycles. The van der Waals surface area contributed by atoms with Crippen LogP contribution in [-0.4, -0.2) is 0 Å². The van der Waals surface area contributed by atoms with Gasteiger partial charge in [-0.15, -0.1) is 0 Å². The Hall–Kier alpha value is -3.04. The first-order chi connectivity index (χ1) is 14.0. The minimum Gasteiger partial charge on any atom is -0.324 e. The molecule has 0 radical (unpaired) electrons. The van der Waals surface area contributed by atoms with E-state index < -0.39 is 42.5 Å². The summed E-state index contributed by atoms with van der Waals surface area (Å²) in [6.07, 6.45) is 0. The smallest absolute Gasteiger partial charge is 0.324 e. The summed E-state index contributed by atoms with van der Waals surface area (Å²) in [7, 11) is -4.94. The SMILES string of the molecule is O=P(OOc1ccccc1F)(OOc1ccccc1F)OOc1ccccc1F. The molecular formula is C18H12F3O7P. The fraction of sp³-hybridized carbons (Fsp3) is 0. The third-order valence-corrected chi connectivity index (χ3v) is 3.94. The molecule has 152 valence electrons. The van der Waals surface area contributed by atoms with Gasteiger partial charge in [-0.1, -0.05) is 50.4 Å². The Morgan fingerprint density at radius 2 is 0.793 bits per heavy atom. The Morgan fingerprint density at radius 1 is 0.517 bits per heavy atom. The molecule has 0 bridgehead atoms. The van der Waals surface area contributed by atoms with Crippen LogP contribution in [0.1, 0.15) is 0 Å². The first-order valence-corrected chi connectivity index (χ1v) is 9.35. The van der Waals surface area contributed by atoms with E-state index in [4.69, 9.17) is 0 Å². The molecule has 29 heavy (non-hydrogen) atoms. The highest BCUT2D eigenvalue weighted by atomic mass is 31.2. The Labute approximate surface area is 162 Å². The maximum absolute atomic E-state index is 13.6. The van der Waals surface area contributed by atoms with Crippen LogP contribution in [0.25, 0.3) is 0 Å². The Morgan fingerprint density at radius 3 is 1.07 bits per heavy atom. The average Bonchev–Trinajstić information content (AvgIpc) is 2.72. The first-order valence-electron chi connectivity index (χ1n) is 7.89. The molecule has 0 aromatic heterocycles. The highest BCUT2D eigenvalue weighted by Crippen LogP contribution is 2.50. The van der Waals surface area contributed by atoms with Crippen molar-refractivity contribution in [1.29, 1.82) is 0 Å². The lowest BCUT2D eigenvalue weighted by atomic mass is 10.3. The fourth-order valence-corrected chi connectivity index (χ4v) is 2.42. The molecule has 0 fully saturated rings. The van der Waals surface area contributed by atoms with Crippen molar-refractivity contribution >= 4 is 7.82 Å². The largest absolute Gasteiger partial charge is 0.583 e. The van der Waals surface area contributed by atoms with Gasteiger partial charge in [0.15, 0.2) is 17.5 Å². The number of benzene rings is 3. The van der Waals surface area contributed by atoms with E-state index in [1.807, 2.05) is 0 Å². The van der Waals surface area contributed by atoms with Crippen molar-refractivity contribution in [2.45, 2.75) is 0 Å². The number of hydrogen-bond acceptors (Lipinski definition) is 7. The van der Waals surface area contributed by atoms with Gasteiger partial charge in [-0.05, 0) is 36.4 Å². The van der Waals surface area contributed by atoms with Crippen molar-refractivity contribution in [1.82, 2.24) is 0 Å². The minimum absolute atomic E-state index is 0.475. The summed E-state index contributed by atoms with van der Waals surface area (Å²) in [5.74, 6) is -4.00. The maximum Gasteiger partial charge on any atom is 0.583 e. The normalized spacial score (nSPS) is 11.1. The topological polar surface area (TPSA) is 72.5 Å². The summed E-state index contributed by atoms with van der Waals surface area (Å²) < 4.78 is 67.0. The Kier molecular flexibility index (Phi) is 6.73. The van der Waals surface area contributed by atoms with Gasteiger partial charge in [-0.25, -0.2) is 17.7 Å². The molecule has 0 N–H and O–H groups in total. The summed E-state index contributed by atoms with van der Waals surface area (Å²) in [5.41, 5.74) is 0. The quantitative estimate of drug-likeness (QED) is 0.252. The third-order valence-electron chi connectivity index (χ3n) is 3.16. The number of phosphoric acid groups is 1. The number of halogens is 3. The van der Waals surface area contributed by atoms with Crippen LogP contribution in [-0.2, 0) is 18.6 Å². The summed E-state index contributed by atoms with van der Waals surface area (Å²) in [6, 6.07) is 14.9. The van der Waals surface area contributed by atoms with Gasteiger partial charge in [0.1, 0.15) is 0 Å². The lowest BCUT2D eigenvalue weighted by Crippen LogP contribution is -2.09. The van der Waals surface area contributed by atoms with E-state index in [2.05, 4.69) is 28.7 Å². The van der Waals surface area contributed by atoms with E-state index in [0.717, 1.165) is 36.4 Å². The van der Waals surface area contributed by atoms with Gasteiger partial charge in [-0.2, -0.15) is 0 Å². The minimum atomic E-state index is -4.94. The zero-order chi connectivity index (χ0) is 20.7. The van der Waals surface area contributed by atoms with Crippen LogP contribution < -0.4 is 14.7 Å². The molecular weight excluding hydrogens is 416 g/mol. The van der Waals surface area contributed by atoms with E-state index >= 15 is 0 Å². The van der Waals surface area contributed by atoms with Gasteiger partial charge in [0.05, 0.1) is 0 Å². The Bertz CT molecular complexity index is 891. The molecule has 0 saturated carbocycles. The second-order valence-corrected chi connectivity index (χ2v) is 6.55. The van der Waals surface area contributed by atoms with Crippen molar-refractivity contribution in [3.05, 3.63) is 90.2 Å². The molecule has 0 unspecified atom stereocenters. The lowest BCUT2D eigenvalue weighted by molar-refractivity contribution is -0.239. The molecule has 11 heteroatoms. The van der Waals surface area contributed by atoms with Crippen LogP contribution in [0.3, 0.4) is 0 Å². The van der Waals surface area contributed by atoms with Crippen LogP contribution in [0.2, 0.25) is 0 Å². The molecule has 0 spiro atoms. The second kappa shape index (κ2) is 9.44. The number of rotatable bonds is 9. The van der Waals surface area contributed by atoms with E-state index in [1.165, 1.54) is 36.4 Å². The average molecular weight is 428 g/mol. The Balaban J connectivity index is 1.74. The summed E-state index contributed by atoms with van der Waals surface area (Å²) in [6.45, 7) is 0. The molecule has 3 rings (SSSR count). The van der Waals surface area contributed by atoms with E-state index in [0.29, 0.717) is 0 Å². The zero-order valence-corrected chi connectivity index (χ0v) is 15.3. The third kappa shape index (κ3) is 5.72. The van der Waals surface area contributed by atoms with Gasteiger partial charge in [0.25, 0.3) is 0 Å². The second-order valence-electron chi connectivity index (χ2n) is 5.21. The van der Waals surface area contributed by atoms with E-state index in [9.17, 15) is 17.7 Å². The van der Waals surface area contributed by atoms with Crippen molar-refractivity contribution < 1.29 is 46.4 Å². The van der Waals surface area contributed by atoms with Crippen molar-refractivity contribution in [2.24, 2.45) is 0 Å². The molecule has 0 saturated heterocycles. The molecule has 0 atom stereocenters. The van der Waals surface area contributed by atoms with Crippen LogP contribution in [0.15, 0.2) is 72.8 Å². The molecule has 0 aliphatic heterocycles. The van der Waals surface area contributed by atoms with Crippen molar-refractivity contribution in [3.8, 4) is 17.2 Å². The van der Waals surface area contributed by atoms with E-state index in [1.54, 1.807) is 0 Å².